The second-order valence-corrected chi connectivity index (χ2v) is 9.01. The number of nitrogens with one attached hydrogen (secondary N) is 1. The number of esters is 4. The van der Waals surface area contributed by atoms with Gasteiger partial charge in [0, 0.05) is 10.0 Å². The molecule has 1 saturated heterocycles. The van der Waals surface area contributed by atoms with Crippen molar-refractivity contribution >= 4 is 39.8 Å². The van der Waals surface area contributed by atoms with E-state index in [1.54, 1.807) is 56.3 Å². The topological polar surface area (TPSA) is 117 Å². The van der Waals surface area contributed by atoms with Crippen molar-refractivity contribution in [2.24, 2.45) is 5.41 Å². The van der Waals surface area contributed by atoms with Crippen molar-refractivity contribution in [2.45, 2.75) is 31.3 Å². The number of fused-ring (bicyclic) bond motifs is 3. The van der Waals surface area contributed by atoms with Gasteiger partial charge in [-0.1, -0.05) is 46.3 Å². The fraction of sp³-hybridized carbons (Fsp3) is 0.360. The molecule has 0 aromatic heterocycles. The SMILES string of the molecule is CCOC(=O)C1(C(=O)OCC)N[C@@H](c2ccc(Br)cc2)[C@]2(C(=O)OC)C(=O)Oc3ccccc3[C@H]12. The molecule has 0 radical (unpaired) electrons. The smallest absolute Gasteiger partial charge is 0.338 e. The Morgan fingerprint density at radius 1 is 0.971 bits per heavy atom. The monoisotopic (exact) mass is 545 g/mol. The third-order valence-electron chi connectivity index (χ3n) is 6.41. The zero-order chi connectivity index (χ0) is 25.4. The number of carbonyl (C=O) groups excluding carboxylic acids is 4. The molecule has 0 spiro atoms. The minimum Gasteiger partial charge on any atom is -0.468 e. The largest absolute Gasteiger partial charge is 0.468 e. The molecule has 3 atom stereocenters. The van der Waals surface area contributed by atoms with Crippen molar-refractivity contribution in [1.82, 2.24) is 5.32 Å². The summed E-state index contributed by atoms with van der Waals surface area (Å²) >= 11 is 3.37. The van der Waals surface area contributed by atoms with Gasteiger partial charge in [0.25, 0.3) is 0 Å². The first-order valence-electron chi connectivity index (χ1n) is 11.1. The van der Waals surface area contributed by atoms with Crippen LogP contribution in [-0.4, -0.2) is 49.7 Å². The summed E-state index contributed by atoms with van der Waals surface area (Å²) in [6, 6.07) is 12.0. The molecule has 2 heterocycles. The Hall–Kier alpha value is -3.24. The normalized spacial score (nSPS) is 23.9. The highest BCUT2D eigenvalue weighted by molar-refractivity contribution is 9.10. The lowest BCUT2D eigenvalue weighted by atomic mass is 9.62. The Morgan fingerprint density at radius 3 is 2.14 bits per heavy atom. The van der Waals surface area contributed by atoms with E-state index in [0.29, 0.717) is 11.1 Å². The average Bonchev–Trinajstić information content (AvgIpc) is 3.19. The summed E-state index contributed by atoms with van der Waals surface area (Å²) in [7, 11) is 1.13. The van der Waals surface area contributed by atoms with Crippen molar-refractivity contribution in [3.05, 3.63) is 64.1 Å². The minimum atomic E-state index is -2.24. The second kappa shape index (κ2) is 9.43. The predicted octanol–water partition coefficient (Wildman–Crippen LogP) is 2.82. The number of hydrogen-bond acceptors (Lipinski definition) is 9. The van der Waals surface area contributed by atoms with Gasteiger partial charge in [0.1, 0.15) is 5.75 Å². The molecule has 0 amide bonds. The molecule has 184 valence electrons. The number of methoxy groups -OCH3 is 1. The molecular formula is C25H24BrNO8. The summed E-state index contributed by atoms with van der Waals surface area (Å²) in [5.41, 5.74) is -3.63. The molecule has 35 heavy (non-hydrogen) atoms. The fourth-order valence-electron chi connectivity index (χ4n) is 5.06. The highest BCUT2D eigenvalue weighted by atomic mass is 79.9. The summed E-state index contributed by atoms with van der Waals surface area (Å²) in [5.74, 6) is -5.12. The number of para-hydroxylation sites is 1. The highest BCUT2D eigenvalue weighted by Gasteiger charge is 2.79. The Morgan fingerprint density at radius 2 is 1.57 bits per heavy atom. The van der Waals surface area contributed by atoms with Gasteiger partial charge in [0.2, 0.25) is 5.54 Å². The van der Waals surface area contributed by atoms with E-state index < -0.39 is 46.8 Å². The first kappa shape index (κ1) is 24.9. The lowest BCUT2D eigenvalue weighted by molar-refractivity contribution is -0.172. The van der Waals surface area contributed by atoms with Gasteiger partial charge in [-0.15, -0.1) is 0 Å². The summed E-state index contributed by atoms with van der Waals surface area (Å²) < 4.78 is 22.2. The van der Waals surface area contributed by atoms with E-state index in [9.17, 15) is 19.2 Å². The standard InChI is InChI=1S/C25H24BrNO8/c1-4-33-22(30)25(23(31)34-5-2)18-16-8-6-7-9-17(16)35-21(29)24(18,20(28)32-3)19(27-25)14-10-12-15(26)13-11-14/h6-13,18-19,27H,4-5H2,1-3H3/t18-,19-,24+/m0/s1. The Kier molecular flexibility index (Phi) is 6.70. The van der Waals surface area contributed by atoms with Gasteiger partial charge in [-0.25, -0.2) is 9.59 Å². The molecule has 2 aromatic carbocycles. The summed E-state index contributed by atoms with van der Waals surface area (Å²) in [6.07, 6.45) is 0. The lowest BCUT2D eigenvalue weighted by Crippen LogP contribution is -2.61. The van der Waals surface area contributed by atoms with Crippen LogP contribution in [0.2, 0.25) is 0 Å². The van der Waals surface area contributed by atoms with Crippen LogP contribution in [0, 0.1) is 5.41 Å². The van der Waals surface area contributed by atoms with E-state index in [4.69, 9.17) is 18.9 Å². The first-order chi connectivity index (χ1) is 16.8. The van der Waals surface area contributed by atoms with Crippen molar-refractivity contribution < 1.29 is 38.1 Å². The molecule has 2 aromatic rings. The van der Waals surface area contributed by atoms with Gasteiger partial charge in [-0.2, -0.15) is 0 Å². The Bertz CT molecular complexity index is 1160. The molecule has 9 nitrogen and oxygen atoms in total. The van der Waals surface area contributed by atoms with Crippen LogP contribution in [0.4, 0.5) is 0 Å². The summed E-state index contributed by atoms with van der Waals surface area (Å²) in [6.45, 7) is 3.09. The van der Waals surface area contributed by atoms with Gasteiger partial charge in [-0.05, 0) is 37.6 Å². The maximum Gasteiger partial charge on any atom is 0.338 e. The number of halogens is 1. The second-order valence-electron chi connectivity index (χ2n) is 8.10. The van der Waals surface area contributed by atoms with Crippen LogP contribution in [0.3, 0.4) is 0 Å². The molecule has 0 unspecified atom stereocenters. The molecule has 0 saturated carbocycles. The van der Waals surface area contributed by atoms with E-state index in [2.05, 4.69) is 21.2 Å². The van der Waals surface area contributed by atoms with Crippen LogP contribution in [0.5, 0.6) is 5.75 Å². The zero-order valence-corrected chi connectivity index (χ0v) is 20.9. The van der Waals surface area contributed by atoms with Crippen molar-refractivity contribution in [1.29, 1.82) is 0 Å². The maximum atomic E-state index is 13.8. The molecule has 10 heteroatoms. The number of hydrogen-bond donors (Lipinski definition) is 1. The van der Waals surface area contributed by atoms with Gasteiger partial charge in [0.05, 0.1) is 32.3 Å². The average molecular weight is 546 g/mol. The zero-order valence-electron chi connectivity index (χ0n) is 19.3. The van der Waals surface area contributed by atoms with Crippen LogP contribution in [0.25, 0.3) is 0 Å². The number of carbonyl (C=O) groups is 4. The molecule has 1 fully saturated rings. The third kappa shape index (κ3) is 3.54. The van der Waals surface area contributed by atoms with Gasteiger partial charge >= 0.3 is 23.9 Å². The van der Waals surface area contributed by atoms with Crippen LogP contribution in [0.15, 0.2) is 53.0 Å². The minimum absolute atomic E-state index is 0.0470. The van der Waals surface area contributed by atoms with Crippen LogP contribution in [0.1, 0.15) is 36.9 Å². The van der Waals surface area contributed by atoms with E-state index in [1.807, 2.05) is 0 Å². The van der Waals surface area contributed by atoms with Crippen LogP contribution in [-0.2, 0) is 33.4 Å². The molecule has 0 aliphatic carbocycles. The predicted molar refractivity (Wildman–Crippen MR) is 125 cm³/mol. The number of ether oxygens (including phenoxy) is 4. The van der Waals surface area contributed by atoms with Gasteiger partial charge in [-0.3, -0.25) is 14.9 Å². The van der Waals surface area contributed by atoms with E-state index in [0.717, 1.165) is 11.6 Å². The molecule has 0 bridgehead atoms. The Balaban J connectivity index is 2.11. The highest BCUT2D eigenvalue weighted by Crippen LogP contribution is 2.62. The number of rotatable bonds is 6. The van der Waals surface area contributed by atoms with Gasteiger partial charge in [0.15, 0.2) is 5.41 Å². The molecular weight excluding hydrogens is 522 g/mol. The van der Waals surface area contributed by atoms with Crippen LogP contribution >= 0.6 is 15.9 Å². The van der Waals surface area contributed by atoms with Crippen molar-refractivity contribution in [2.75, 3.05) is 20.3 Å². The maximum absolute atomic E-state index is 13.8. The molecule has 1 N–H and O–H groups in total. The first-order valence-corrected chi connectivity index (χ1v) is 11.8. The summed E-state index contributed by atoms with van der Waals surface area (Å²) in [4.78, 5) is 54.7. The Labute approximate surface area is 210 Å². The number of benzene rings is 2. The van der Waals surface area contributed by atoms with E-state index in [1.165, 1.54) is 6.07 Å². The lowest BCUT2D eigenvalue weighted by Gasteiger charge is -2.40. The third-order valence-corrected chi connectivity index (χ3v) is 6.94. The summed E-state index contributed by atoms with van der Waals surface area (Å²) in [5, 5.41) is 3.01. The van der Waals surface area contributed by atoms with Crippen molar-refractivity contribution in [3.8, 4) is 5.75 Å². The molecule has 2 aliphatic rings. The quantitative estimate of drug-likeness (QED) is 0.253. The van der Waals surface area contributed by atoms with Gasteiger partial charge < -0.3 is 18.9 Å². The van der Waals surface area contributed by atoms with Crippen molar-refractivity contribution in [3.63, 3.8) is 0 Å². The fourth-order valence-corrected chi connectivity index (χ4v) is 5.32. The van der Waals surface area contributed by atoms with E-state index >= 15 is 0 Å². The molecule has 4 rings (SSSR count). The van der Waals surface area contributed by atoms with E-state index in [-0.39, 0.29) is 19.0 Å². The molecule has 2 aliphatic heterocycles. The van der Waals surface area contributed by atoms with Crippen LogP contribution < -0.4 is 10.1 Å².